The van der Waals surface area contributed by atoms with Crippen LogP contribution >= 0.6 is 23.1 Å². The van der Waals surface area contributed by atoms with Gasteiger partial charge in [0.25, 0.3) is 0 Å². The van der Waals surface area contributed by atoms with Crippen LogP contribution in [0.5, 0.6) is 0 Å². The Kier molecular flexibility index (Phi) is 4.12. The average Bonchev–Trinajstić information content (AvgIpc) is 3.25. The van der Waals surface area contributed by atoms with Gasteiger partial charge in [-0.15, -0.1) is 10.2 Å². The van der Waals surface area contributed by atoms with E-state index in [-0.39, 0.29) is 11.5 Å². The quantitative estimate of drug-likeness (QED) is 0.333. The molecule has 0 bridgehead atoms. The van der Waals surface area contributed by atoms with Crippen molar-refractivity contribution in [2.24, 2.45) is 10.9 Å². The Bertz CT molecular complexity index is 784. The van der Waals surface area contributed by atoms with E-state index in [4.69, 9.17) is 10.6 Å². The van der Waals surface area contributed by atoms with Gasteiger partial charge in [-0.2, -0.15) is 0 Å². The van der Waals surface area contributed by atoms with E-state index >= 15 is 0 Å². The zero-order chi connectivity index (χ0) is 15.4. The fraction of sp³-hybridized carbons (Fsp3) is 0. The molecule has 0 saturated carbocycles. The number of amidine groups is 1. The predicted octanol–water partition coefficient (Wildman–Crippen LogP) is 1.53. The second-order valence-electron chi connectivity index (χ2n) is 4.01. The molecule has 0 unspecified atom stereocenters. The summed E-state index contributed by atoms with van der Waals surface area (Å²) in [5.74, 6) is -0.624. The first-order chi connectivity index (χ1) is 10.7. The topological polar surface area (TPSA) is 116 Å². The van der Waals surface area contributed by atoms with Crippen LogP contribution in [-0.2, 0) is 4.84 Å². The third-order valence-corrected chi connectivity index (χ3v) is 3.64. The van der Waals surface area contributed by atoms with E-state index < -0.39 is 5.97 Å². The van der Waals surface area contributed by atoms with Crippen LogP contribution in [0.1, 0.15) is 16.1 Å². The molecule has 2 heterocycles. The molecule has 0 atom stereocenters. The minimum absolute atomic E-state index is 0.0829. The Labute approximate surface area is 132 Å². The van der Waals surface area contributed by atoms with Crippen molar-refractivity contribution < 1.29 is 9.63 Å². The van der Waals surface area contributed by atoms with Crippen LogP contribution < -0.4 is 5.73 Å². The van der Waals surface area contributed by atoms with Crippen molar-refractivity contribution in [2.75, 3.05) is 0 Å². The molecule has 2 aromatic heterocycles. The van der Waals surface area contributed by atoms with Crippen molar-refractivity contribution >= 4 is 34.9 Å². The lowest BCUT2D eigenvalue weighted by Crippen LogP contribution is -2.15. The zero-order valence-electron chi connectivity index (χ0n) is 10.9. The summed E-state index contributed by atoms with van der Waals surface area (Å²) >= 11 is 2.32. The van der Waals surface area contributed by atoms with Gasteiger partial charge in [0, 0.05) is 21.9 Å². The average molecular weight is 332 g/mol. The van der Waals surface area contributed by atoms with Crippen molar-refractivity contribution in [3.63, 3.8) is 0 Å². The van der Waals surface area contributed by atoms with Crippen LogP contribution in [0.3, 0.4) is 0 Å². The summed E-state index contributed by atoms with van der Waals surface area (Å²) in [6.07, 6.45) is 0. The Morgan fingerprint density at radius 3 is 2.45 bits per heavy atom. The number of nitrogens with zero attached hydrogens (tertiary/aromatic N) is 5. The number of nitrogens with two attached hydrogens (primary N) is 1. The SMILES string of the molecule is NC(=NOC(=O)c1csnn1)c1ccc(-c2csnn2)cc1. The van der Waals surface area contributed by atoms with Gasteiger partial charge >= 0.3 is 5.97 Å². The smallest absolute Gasteiger partial charge is 0.380 e. The normalized spacial score (nSPS) is 11.4. The first-order valence-corrected chi connectivity index (χ1v) is 7.61. The van der Waals surface area contributed by atoms with Crippen LogP contribution in [0.25, 0.3) is 11.3 Å². The van der Waals surface area contributed by atoms with Gasteiger partial charge in [-0.25, -0.2) is 4.79 Å². The van der Waals surface area contributed by atoms with Gasteiger partial charge in [-0.3, -0.25) is 0 Å². The Balaban J connectivity index is 1.70. The number of hydrogen-bond donors (Lipinski definition) is 1. The fourth-order valence-corrected chi connectivity index (χ4v) is 2.44. The summed E-state index contributed by atoms with van der Waals surface area (Å²) < 4.78 is 7.37. The first kappa shape index (κ1) is 14.2. The third kappa shape index (κ3) is 3.13. The van der Waals surface area contributed by atoms with Crippen molar-refractivity contribution in [2.45, 2.75) is 0 Å². The molecule has 0 aliphatic rings. The number of carbonyl (C=O) groups is 1. The Hall–Kier alpha value is -2.72. The molecule has 0 spiro atoms. The number of benzene rings is 1. The molecule has 0 fully saturated rings. The lowest BCUT2D eigenvalue weighted by atomic mass is 10.1. The zero-order valence-corrected chi connectivity index (χ0v) is 12.5. The van der Waals surface area contributed by atoms with Crippen LogP contribution in [0.15, 0.2) is 40.2 Å². The van der Waals surface area contributed by atoms with Crippen LogP contribution in [0, 0.1) is 0 Å². The predicted molar refractivity (Wildman–Crippen MR) is 81.4 cm³/mol. The molecule has 2 N–H and O–H groups in total. The minimum atomic E-state index is -0.707. The maximum Gasteiger partial charge on any atom is 0.386 e. The molecule has 0 saturated heterocycles. The lowest BCUT2D eigenvalue weighted by Gasteiger charge is -2.01. The van der Waals surface area contributed by atoms with E-state index in [2.05, 4.69) is 24.3 Å². The summed E-state index contributed by atoms with van der Waals surface area (Å²) in [5.41, 5.74) is 8.19. The number of hydrogen-bond acceptors (Lipinski definition) is 9. The van der Waals surface area contributed by atoms with Gasteiger partial charge in [0.15, 0.2) is 11.5 Å². The largest absolute Gasteiger partial charge is 0.386 e. The van der Waals surface area contributed by atoms with E-state index in [0.29, 0.717) is 5.56 Å². The molecule has 0 amide bonds. The highest BCUT2D eigenvalue weighted by molar-refractivity contribution is 7.03. The Morgan fingerprint density at radius 2 is 1.82 bits per heavy atom. The molecule has 10 heteroatoms. The van der Waals surface area contributed by atoms with Crippen molar-refractivity contribution in [1.29, 1.82) is 0 Å². The summed E-state index contributed by atoms with van der Waals surface area (Å²) in [4.78, 5) is 16.3. The molecule has 1 aromatic carbocycles. The summed E-state index contributed by atoms with van der Waals surface area (Å²) in [5, 5.41) is 14.5. The first-order valence-electron chi connectivity index (χ1n) is 5.94. The van der Waals surface area contributed by atoms with Gasteiger partial charge in [-0.05, 0) is 23.1 Å². The maximum absolute atomic E-state index is 11.6. The van der Waals surface area contributed by atoms with Gasteiger partial charge in [0.05, 0.1) is 0 Å². The van der Waals surface area contributed by atoms with Gasteiger partial charge in [0.1, 0.15) is 5.69 Å². The van der Waals surface area contributed by atoms with Gasteiger partial charge < -0.3 is 10.6 Å². The van der Waals surface area contributed by atoms with Gasteiger partial charge in [0.2, 0.25) is 0 Å². The highest BCUT2D eigenvalue weighted by Crippen LogP contribution is 2.18. The van der Waals surface area contributed by atoms with Crippen LogP contribution in [0.4, 0.5) is 0 Å². The molecule has 3 aromatic rings. The van der Waals surface area contributed by atoms with E-state index in [0.717, 1.165) is 22.8 Å². The maximum atomic E-state index is 11.6. The van der Waals surface area contributed by atoms with Crippen molar-refractivity contribution in [1.82, 2.24) is 19.2 Å². The van der Waals surface area contributed by atoms with Crippen LogP contribution in [-0.4, -0.2) is 31.0 Å². The Morgan fingerprint density at radius 1 is 1.09 bits per heavy atom. The minimum Gasteiger partial charge on any atom is -0.380 e. The summed E-state index contributed by atoms with van der Waals surface area (Å²) in [6.45, 7) is 0. The molecular weight excluding hydrogens is 324 g/mol. The number of oxime groups is 1. The second-order valence-corrected chi connectivity index (χ2v) is 5.23. The molecule has 3 rings (SSSR count). The summed E-state index contributed by atoms with van der Waals surface area (Å²) in [7, 11) is 0. The molecule has 0 radical (unpaired) electrons. The van der Waals surface area contributed by atoms with E-state index in [9.17, 15) is 4.79 Å². The van der Waals surface area contributed by atoms with Crippen molar-refractivity contribution in [3.05, 3.63) is 46.3 Å². The number of aromatic nitrogens is 4. The van der Waals surface area contributed by atoms with Crippen LogP contribution in [0.2, 0.25) is 0 Å². The molecule has 0 aliphatic carbocycles. The standard InChI is InChI=1S/C12H8N6O2S2/c13-11(16-20-12(19)10-6-22-18-15-10)8-3-1-7(2-4-8)9-5-21-17-14-9/h1-6H,(H2,13,16). The molecule has 8 nitrogen and oxygen atoms in total. The third-order valence-electron chi connectivity index (χ3n) is 2.63. The van der Waals surface area contributed by atoms with E-state index in [1.54, 1.807) is 12.1 Å². The molecule has 22 heavy (non-hydrogen) atoms. The van der Waals surface area contributed by atoms with E-state index in [1.807, 2.05) is 17.5 Å². The highest BCUT2D eigenvalue weighted by atomic mass is 32.1. The second kappa shape index (κ2) is 6.37. The summed E-state index contributed by atoms with van der Waals surface area (Å²) in [6, 6.07) is 7.18. The number of rotatable bonds is 4. The molecule has 110 valence electrons. The molecule has 0 aliphatic heterocycles. The molecular formula is C12H8N6O2S2. The van der Waals surface area contributed by atoms with Crippen molar-refractivity contribution in [3.8, 4) is 11.3 Å². The van der Waals surface area contributed by atoms with Gasteiger partial charge in [-0.1, -0.05) is 38.4 Å². The number of carbonyl (C=O) groups excluding carboxylic acids is 1. The highest BCUT2D eigenvalue weighted by Gasteiger charge is 2.11. The lowest BCUT2D eigenvalue weighted by molar-refractivity contribution is 0.0509. The fourth-order valence-electron chi connectivity index (χ4n) is 1.55. The monoisotopic (exact) mass is 332 g/mol. The van der Waals surface area contributed by atoms with E-state index in [1.165, 1.54) is 16.9 Å².